The van der Waals surface area contributed by atoms with Gasteiger partial charge in [0, 0.05) is 52.1 Å². The second-order valence-electron chi connectivity index (χ2n) is 21.9. The highest BCUT2D eigenvalue weighted by Gasteiger charge is 2.52. The minimum absolute atomic E-state index is 0.0486. The maximum Gasteiger partial charge on any atom is 0.307 e. The Morgan fingerprint density at radius 3 is 2.21 bits per heavy atom. The molecule has 1 aliphatic carbocycles. The number of nitrogens with zero attached hydrogens (tertiary/aromatic N) is 6. The van der Waals surface area contributed by atoms with Crippen molar-refractivity contribution in [2.75, 3.05) is 54.2 Å². The van der Waals surface area contributed by atoms with Gasteiger partial charge in [0.1, 0.15) is 23.6 Å². The van der Waals surface area contributed by atoms with Crippen molar-refractivity contribution in [1.82, 2.24) is 40.3 Å². The number of nitrogens with one attached hydrogen (secondary N) is 2. The first-order valence-electron chi connectivity index (χ1n) is 27.8. The van der Waals surface area contributed by atoms with E-state index in [-0.39, 0.29) is 118 Å². The molecule has 1 unspecified atom stereocenters. The summed E-state index contributed by atoms with van der Waals surface area (Å²) in [5, 5.41) is 32.7. The van der Waals surface area contributed by atoms with Gasteiger partial charge in [-0.15, -0.1) is 5.10 Å². The van der Waals surface area contributed by atoms with Crippen LogP contribution in [0.4, 0.5) is 0 Å². The summed E-state index contributed by atoms with van der Waals surface area (Å²) in [7, 11) is 4.70. The number of carbonyl (C=O) groups excluding carboxylic acids is 6. The molecule has 2 saturated heterocycles. The number of benzene rings is 1. The first kappa shape index (κ1) is 63.0. The second kappa shape index (κ2) is 30.5. The zero-order chi connectivity index (χ0) is 57.2. The van der Waals surface area contributed by atoms with Gasteiger partial charge in [-0.2, -0.15) is 0 Å². The Bertz CT molecular complexity index is 2320. The average Bonchev–Trinajstić information content (AvgIpc) is 4.28. The number of hydrogen-bond acceptors (Lipinski definition) is 14. The molecule has 2 aromatic rings. The van der Waals surface area contributed by atoms with Gasteiger partial charge in [-0.3, -0.25) is 38.4 Å². The van der Waals surface area contributed by atoms with Crippen LogP contribution in [0.5, 0.6) is 0 Å². The normalized spacial score (nSPS) is 21.1. The highest BCUT2D eigenvalue weighted by molar-refractivity contribution is 5.93. The Morgan fingerprint density at radius 2 is 1.56 bits per heavy atom. The van der Waals surface area contributed by atoms with Crippen molar-refractivity contribution in [3.8, 4) is 0 Å². The van der Waals surface area contributed by atoms with Crippen LogP contribution in [0.25, 0.3) is 0 Å². The van der Waals surface area contributed by atoms with Gasteiger partial charge in [0.15, 0.2) is 0 Å². The summed E-state index contributed by atoms with van der Waals surface area (Å²) in [5.74, 6) is -6.67. The second-order valence-corrected chi connectivity index (χ2v) is 21.9. The van der Waals surface area contributed by atoms with Gasteiger partial charge in [-0.05, 0) is 61.8 Å². The number of fused-ring (bicyclic) bond motifs is 2. The van der Waals surface area contributed by atoms with Crippen molar-refractivity contribution < 1.29 is 67.5 Å². The van der Waals surface area contributed by atoms with E-state index in [0.29, 0.717) is 51.1 Å². The fourth-order valence-electron chi connectivity index (χ4n) is 11.6. The molecule has 3 heterocycles. The third-order valence-corrected chi connectivity index (χ3v) is 16.1. The molecule has 0 spiro atoms. The van der Waals surface area contributed by atoms with Gasteiger partial charge in [0.2, 0.25) is 29.5 Å². The van der Waals surface area contributed by atoms with Crippen LogP contribution >= 0.6 is 0 Å². The summed E-state index contributed by atoms with van der Waals surface area (Å²) in [4.78, 5) is 111. The zero-order valence-electron chi connectivity index (χ0n) is 47.2. The molecule has 434 valence electrons. The number of Topliss-reactive ketones (excluding diaryl/α,β-unsaturated/α-hetero) is 1. The maximum absolute atomic E-state index is 14.7. The predicted molar refractivity (Wildman–Crippen MR) is 285 cm³/mol. The number of amides is 5. The summed E-state index contributed by atoms with van der Waals surface area (Å²) in [6.07, 6.45) is 4.22. The highest BCUT2D eigenvalue weighted by Crippen LogP contribution is 2.43. The molecule has 22 nitrogen and oxygen atoms in total. The predicted octanol–water partition coefficient (Wildman–Crippen LogP) is 3.77. The van der Waals surface area contributed by atoms with E-state index in [1.807, 2.05) is 58.0 Å². The van der Waals surface area contributed by atoms with E-state index >= 15 is 0 Å². The molecule has 1 aromatic carbocycles. The Labute approximate surface area is 458 Å². The summed E-state index contributed by atoms with van der Waals surface area (Å²) in [5.41, 5.74) is 1.34. The molecular formula is C56H86N8O14. The summed E-state index contributed by atoms with van der Waals surface area (Å²) >= 11 is 0. The lowest BCUT2D eigenvalue weighted by molar-refractivity contribution is -0.149. The Hall–Kier alpha value is -5.84. The van der Waals surface area contributed by atoms with Gasteiger partial charge >= 0.3 is 11.9 Å². The maximum atomic E-state index is 14.7. The lowest BCUT2D eigenvalue weighted by Gasteiger charge is -2.41. The molecule has 12 atom stereocenters. The third-order valence-electron chi connectivity index (χ3n) is 16.1. The zero-order valence-corrected chi connectivity index (χ0v) is 47.2. The molecule has 22 heteroatoms. The number of carboxylic acids is 2. The Balaban J connectivity index is 1.13. The van der Waals surface area contributed by atoms with E-state index in [1.165, 1.54) is 21.1 Å². The van der Waals surface area contributed by atoms with E-state index in [2.05, 4.69) is 20.9 Å². The van der Waals surface area contributed by atoms with Crippen LogP contribution in [0.2, 0.25) is 0 Å². The fraction of sp³-hybridized carbons (Fsp3) is 0.714. The van der Waals surface area contributed by atoms with Crippen molar-refractivity contribution in [3.05, 3.63) is 47.8 Å². The standard InChI is InChI=1S/C56H86N8O14/c1-10-35(4)50(45(75-8)31-47(67)63-21-14-17-43(63)52(76-9)37(6)44(65)30-40(56(73)74)28-38-15-12-11-13-16-38)61(7)55(72)49(34(2)3)58-54(71)51-39-18-19-42(29-39)64(51)46(66)20-23-77-25-26-78-24-22-62-33-41(59-60-62)32-57-53(70)36(5)27-48(68)69/h11-13,15-16,33-37,39-40,42-43,45,49-52H,10,14,17-32H2,1-9H3,(H,57,70)(H,58,71)(H,68,69)(H,73,74)/t35-,36?,37-,39-,40+,42-,43-,45+,49-,50-,51-,52+/m0/s1. The first-order valence-corrected chi connectivity index (χ1v) is 27.8. The minimum atomic E-state index is -1.05. The molecule has 5 amide bonds. The number of carbonyl (C=O) groups is 8. The first-order chi connectivity index (χ1) is 37.2. The number of likely N-dealkylation sites (N-methyl/N-ethyl adjacent to an activating group) is 1. The average molecular weight is 1100 g/mol. The molecule has 0 radical (unpaired) electrons. The SMILES string of the molecule is CC[C@H](C)[C@@H]([C@@H](CC(=O)N1CCC[C@H]1[C@H](OC)[C@@H](C)C(=O)C[C@@H](Cc1ccccc1)C(=O)O)OC)N(C)C(=O)[C@@H](NC(=O)[C@@H]1[C@H]2CC[C@@H](C2)N1C(=O)CCOCCOCCn1cc(CNC(=O)C(C)CC(=O)O)nn1)C(C)C. The van der Waals surface area contributed by atoms with Crippen molar-refractivity contribution in [1.29, 1.82) is 0 Å². The van der Waals surface area contributed by atoms with Gasteiger partial charge < -0.3 is 54.5 Å². The fourth-order valence-corrected chi connectivity index (χ4v) is 11.6. The number of aliphatic carboxylic acids is 2. The number of likely N-dealkylation sites (tertiary alicyclic amines) is 2. The van der Waals surface area contributed by atoms with Crippen LogP contribution in [-0.2, 0) is 76.8 Å². The Kier molecular flexibility index (Phi) is 24.6. The molecule has 78 heavy (non-hydrogen) atoms. The van der Waals surface area contributed by atoms with E-state index in [4.69, 9.17) is 24.1 Å². The summed E-state index contributed by atoms with van der Waals surface area (Å²) < 4.78 is 25.0. The number of ketones is 1. The van der Waals surface area contributed by atoms with Crippen LogP contribution in [0, 0.1) is 35.5 Å². The van der Waals surface area contributed by atoms with Crippen LogP contribution in [-0.4, -0.2) is 184 Å². The van der Waals surface area contributed by atoms with Crippen LogP contribution < -0.4 is 10.6 Å². The van der Waals surface area contributed by atoms with Crippen molar-refractivity contribution in [2.45, 2.75) is 168 Å². The van der Waals surface area contributed by atoms with Crippen LogP contribution in [0.3, 0.4) is 0 Å². The van der Waals surface area contributed by atoms with E-state index < -0.39 is 66.1 Å². The van der Waals surface area contributed by atoms with Gasteiger partial charge in [0.25, 0.3) is 0 Å². The number of methoxy groups -OCH3 is 2. The number of rotatable bonds is 34. The topological polar surface area (TPSA) is 278 Å². The van der Waals surface area contributed by atoms with Crippen molar-refractivity contribution in [3.63, 3.8) is 0 Å². The summed E-state index contributed by atoms with van der Waals surface area (Å²) in [6.45, 7) is 12.9. The molecule has 1 saturated carbocycles. The molecule has 5 rings (SSSR count). The van der Waals surface area contributed by atoms with Crippen molar-refractivity contribution >= 4 is 47.3 Å². The Morgan fingerprint density at radius 1 is 0.859 bits per heavy atom. The highest BCUT2D eigenvalue weighted by atomic mass is 16.5. The van der Waals surface area contributed by atoms with E-state index in [9.17, 15) is 43.5 Å². The van der Waals surface area contributed by atoms with Gasteiger partial charge in [0.05, 0.1) is 95.2 Å². The summed E-state index contributed by atoms with van der Waals surface area (Å²) in [6, 6.07) is 6.40. The third kappa shape index (κ3) is 17.1. The van der Waals surface area contributed by atoms with Crippen LogP contribution in [0.15, 0.2) is 36.5 Å². The lowest BCUT2D eigenvalue weighted by atomic mass is 9.85. The number of piperidine rings is 1. The number of hydrogen-bond donors (Lipinski definition) is 4. The number of aromatic nitrogens is 3. The smallest absolute Gasteiger partial charge is 0.307 e. The molecule has 2 aliphatic heterocycles. The largest absolute Gasteiger partial charge is 0.481 e. The molecular weight excluding hydrogens is 1010 g/mol. The van der Waals surface area contributed by atoms with Crippen molar-refractivity contribution in [2.24, 2.45) is 35.5 Å². The molecule has 3 fully saturated rings. The van der Waals surface area contributed by atoms with E-state index in [1.54, 1.807) is 39.5 Å². The van der Waals surface area contributed by atoms with Gasteiger partial charge in [-0.25, -0.2) is 4.68 Å². The quantitative estimate of drug-likeness (QED) is 0.0726. The number of ether oxygens (including phenoxy) is 4. The molecule has 4 N–H and O–H groups in total. The molecule has 2 bridgehead atoms. The minimum Gasteiger partial charge on any atom is -0.481 e. The van der Waals surface area contributed by atoms with Gasteiger partial charge in [-0.1, -0.05) is 83.5 Å². The monoisotopic (exact) mass is 1090 g/mol. The van der Waals surface area contributed by atoms with Crippen LogP contribution in [0.1, 0.15) is 117 Å². The molecule has 3 aliphatic rings. The van der Waals surface area contributed by atoms with E-state index in [0.717, 1.165) is 18.4 Å². The molecule has 1 aromatic heterocycles. The number of carboxylic acid groups (broad SMARTS) is 2. The lowest BCUT2D eigenvalue weighted by Crippen LogP contribution is -2.60.